The number of imide groups is 1. The maximum absolute atomic E-state index is 14.2. The van der Waals surface area contributed by atoms with E-state index in [1.54, 1.807) is 26.0 Å². The number of carbonyl (C=O) groups excluding carboxylic acids is 2. The van der Waals surface area contributed by atoms with Crippen LogP contribution < -0.4 is 9.64 Å². The molecule has 1 fully saturated rings. The van der Waals surface area contributed by atoms with Gasteiger partial charge in [-0.1, -0.05) is 35.3 Å². The zero-order valence-electron chi connectivity index (χ0n) is 17.9. The summed E-state index contributed by atoms with van der Waals surface area (Å²) >= 11 is 12.2. The molecule has 0 N–H and O–H groups in total. The van der Waals surface area contributed by atoms with Crippen molar-refractivity contribution in [2.75, 3.05) is 4.90 Å². The number of rotatable bonds is 4. The molecule has 34 heavy (non-hydrogen) atoms. The van der Waals surface area contributed by atoms with Gasteiger partial charge < -0.3 is 4.74 Å². The van der Waals surface area contributed by atoms with Crippen LogP contribution in [0.25, 0.3) is 0 Å². The standard InChI is InChI=1S/C24H17Cl2F3N2O3/c1-22(2)20(32)31(18-12-16(25)11-17(26)13-18)21(33)23(22,15-7-9-30-10-8-15)14-3-5-19(6-4-14)34-24(27,28)29/h3-13H,1-2H3/t23-/m0/s1. The number of carbonyl (C=O) groups is 2. The molecular formula is C24H17Cl2F3N2O3. The first kappa shape index (κ1) is 24.0. The molecule has 2 heterocycles. The van der Waals surface area contributed by atoms with E-state index >= 15 is 0 Å². The Morgan fingerprint density at radius 1 is 0.853 bits per heavy atom. The Bertz CT molecular complexity index is 1240. The summed E-state index contributed by atoms with van der Waals surface area (Å²) in [5.41, 5.74) is -1.99. The summed E-state index contributed by atoms with van der Waals surface area (Å²) in [6, 6.07) is 12.5. The van der Waals surface area contributed by atoms with Crippen LogP contribution in [0.2, 0.25) is 10.0 Å². The van der Waals surface area contributed by atoms with E-state index in [0.717, 1.165) is 17.0 Å². The fourth-order valence-corrected chi connectivity index (χ4v) is 5.03. The monoisotopic (exact) mass is 508 g/mol. The minimum Gasteiger partial charge on any atom is -0.406 e. The Labute approximate surface area is 203 Å². The highest BCUT2D eigenvalue weighted by atomic mass is 35.5. The molecule has 1 saturated heterocycles. The van der Waals surface area contributed by atoms with Crippen LogP contribution in [-0.2, 0) is 15.0 Å². The average molecular weight is 509 g/mol. The van der Waals surface area contributed by atoms with Gasteiger partial charge in [-0.05, 0) is 67.4 Å². The third-order valence-corrected chi connectivity index (χ3v) is 6.38. The number of pyridine rings is 1. The number of benzene rings is 2. The molecule has 0 saturated carbocycles. The van der Waals surface area contributed by atoms with Crippen molar-refractivity contribution in [3.63, 3.8) is 0 Å². The van der Waals surface area contributed by atoms with Crippen molar-refractivity contribution in [2.45, 2.75) is 25.6 Å². The second-order valence-corrected chi connectivity index (χ2v) is 9.13. The fourth-order valence-electron chi connectivity index (χ4n) is 4.51. The van der Waals surface area contributed by atoms with Gasteiger partial charge in [-0.25, -0.2) is 4.90 Å². The minimum atomic E-state index is -4.87. The number of halogens is 5. The van der Waals surface area contributed by atoms with Gasteiger partial charge in [0.25, 0.3) is 0 Å². The third-order valence-electron chi connectivity index (χ3n) is 5.94. The van der Waals surface area contributed by atoms with Crippen molar-refractivity contribution in [3.05, 3.63) is 88.2 Å². The fraction of sp³-hybridized carbons (Fsp3) is 0.208. The van der Waals surface area contributed by atoms with Gasteiger partial charge in [0, 0.05) is 22.4 Å². The molecule has 4 rings (SSSR count). The average Bonchev–Trinajstić information content (AvgIpc) is 2.90. The van der Waals surface area contributed by atoms with Crippen molar-refractivity contribution < 1.29 is 27.5 Å². The van der Waals surface area contributed by atoms with E-state index in [9.17, 15) is 22.8 Å². The van der Waals surface area contributed by atoms with E-state index in [2.05, 4.69) is 9.72 Å². The summed E-state index contributed by atoms with van der Waals surface area (Å²) in [5, 5.41) is 0.465. The van der Waals surface area contributed by atoms with E-state index in [1.807, 2.05) is 0 Å². The van der Waals surface area contributed by atoms with Crippen LogP contribution >= 0.6 is 23.2 Å². The van der Waals surface area contributed by atoms with Crippen LogP contribution in [0.4, 0.5) is 18.9 Å². The molecule has 1 atom stereocenters. The first-order chi connectivity index (χ1) is 15.9. The lowest BCUT2D eigenvalue weighted by molar-refractivity contribution is -0.274. The van der Waals surface area contributed by atoms with Gasteiger partial charge in [-0.2, -0.15) is 0 Å². The molecule has 176 valence electrons. The second-order valence-electron chi connectivity index (χ2n) is 8.26. The molecule has 1 aliphatic heterocycles. The highest BCUT2D eigenvalue weighted by Gasteiger charge is 2.66. The number of alkyl halides is 3. The van der Waals surface area contributed by atoms with Gasteiger partial charge in [-0.15, -0.1) is 13.2 Å². The highest BCUT2D eigenvalue weighted by molar-refractivity contribution is 6.36. The van der Waals surface area contributed by atoms with Gasteiger partial charge in [-0.3, -0.25) is 14.6 Å². The zero-order valence-corrected chi connectivity index (χ0v) is 19.4. The molecule has 0 unspecified atom stereocenters. The number of anilines is 1. The molecule has 0 radical (unpaired) electrons. The van der Waals surface area contributed by atoms with E-state index in [4.69, 9.17) is 23.2 Å². The number of hydrogen-bond acceptors (Lipinski definition) is 4. The van der Waals surface area contributed by atoms with Gasteiger partial charge in [0.2, 0.25) is 11.8 Å². The van der Waals surface area contributed by atoms with Gasteiger partial charge in [0.05, 0.1) is 11.1 Å². The van der Waals surface area contributed by atoms with Crippen molar-refractivity contribution in [1.29, 1.82) is 0 Å². The quantitative estimate of drug-likeness (QED) is 0.395. The lowest BCUT2D eigenvalue weighted by atomic mass is 9.60. The lowest BCUT2D eigenvalue weighted by Gasteiger charge is -2.37. The normalized spacial score (nSPS) is 20.0. The lowest BCUT2D eigenvalue weighted by Crippen LogP contribution is -2.46. The van der Waals surface area contributed by atoms with Gasteiger partial charge >= 0.3 is 6.36 Å². The van der Waals surface area contributed by atoms with Crippen molar-refractivity contribution in [2.24, 2.45) is 5.41 Å². The summed E-state index contributed by atoms with van der Waals surface area (Å²) in [6.07, 6.45) is -1.92. The van der Waals surface area contributed by atoms with E-state index < -0.39 is 34.8 Å². The third kappa shape index (κ3) is 3.80. The van der Waals surface area contributed by atoms with Crippen molar-refractivity contribution in [3.8, 4) is 5.75 Å². The smallest absolute Gasteiger partial charge is 0.406 e. The second kappa shape index (κ2) is 8.29. The van der Waals surface area contributed by atoms with Crippen LogP contribution in [0.3, 0.4) is 0 Å². The number of nitrogens with zero attached hydrogens (tertiary/aromatic N) is 2. The van der Waals surface area contributed by atoms with E-state index in [0.29, 0.717) is 11.1 Å². The Balaban J connectivity index is 1.95. The Morgan fingerprint density at radius 3 is 1.91 bits per heavy atom. The van der Waals surface area contributed by atoms with Crippen LogP contribution in [0, 0.1) is 5.41 Å². The summed E-state index contributed by atoms with van der Waals surface area (Å²) < 4.78 is 42.0. The SMILES string of the molecule is CC1(C)C(=O)N(c2cc(Cl)cc(Cl)c2)C(=O)[C@@]1(c1ccncc1)c1ccc(OC(F)(F)F)cc1. The molecule has 0 aliphatic carbocycles. The minimum absolute atomic E-state index is 0.188. The summed E-state index contributed by atoms with van der Waals surface area (Å²) in [5.74, 6) is -1.58. The molecule has 2 amide bonds. The number of ether oxygens (including phenoxy) is 1. The molecule has 0 bridgehead atoms. The van der Waals surface area contributed by atoms with Gasteiger partial charge in [0.1, 0.15) is 11.2 Å². The first-order valence-corrected chi connectivity index (χ1v) is 10.8. The molecule has 2 aromatic carbocycles. The number of amides is 2. The van der Waals surface area contributed by atoms with Crippen LogP contribution in [0.15, 0.2) is 67.0 Å². The molecule has 0 spiro atoms. The van der Waals surface area contributed by atoms with Crippen molar-refractivity contribution in [1.82, 2.24) is 4.98 Å². The predicted molar refractivity (Wildman–Crippen MR) is 121 cm³/mol. The van der Waals surface area contributed by atoms with Crippen LogP contribution in [-0.4, -0.2) is 23.2 Å². The predicted octanol–water partition coefficient (Wildman–Crippen LogP) is 6.17. The summed E-state index contributed by atoms with van der Waals surface area (Å²) in [7, 11) is 0. The summed E-state index contributed by atoms with van der Waals surface area (Å²) in [6.45, 7) is 3.22. The van der Waals surface area contributed by atoms with Crippen LogP contribution in [0.5, 0.6) is 5.75 Å². The maximum Gasteiger partial charge on any atom is 0.573 e. The summed E-state index contributed by atoms with van der Waals surface area (Å²) in [4.78, 5) is 32.9. The van der Waals surface area contributed by atoms with Gasteiger partial charge in [0.15, 0.2) is 0 Å². The van der Waals surface area contributed by atoms with Crippen LogP contribution in [0.1, 0.15) is 25.0 Å². The van der Waals surface area contributed by atoms with E-state index in [1.165, 1.54) is 42.7 Å². The molecule has 1 aliphatic rings. The molecule has 10 heteroatoms. The largest absolute Gasteiger partial charge is 0.573 e. The van der Waals surface area contributed by atoms with Crippen molar-refractivity contribution >= 4 is 40.7 Å². The molecule has 3 aromatic rings. The Kier molecular flexibility index (Phi) is 5.86. The highest BCUT2D eigenvalue weighted by Crippen LogP contribution is 2.55. The Hall–Kier alpha value is -3.10. The zero-order chi connectivity index (χ0) is 24.9. The molecule has 1 aromatic heterocycles. The van der Waals surface area contributed by atoms with E-state index in [-0.39, 0.29) is 15.7 Å². The topological polar surface area (TPSA) is 59.5 Å². The number of aromatic nitrogens is 1. The molecule has 5 nitrogen and oxygen atoms in total. The number of hydrogen-bond donors (Lipinski definition) is 0. The first-order valence-electron chi connectivity index (χ1n) is 10.00. The molecular weight excluding hydrogens is 492 g/mol. The maximum atomic E-state index is 14.2. The Morgan fingerprint density at radius 2 is 1.38 bits per heavy atom.